The van der Waals surface area contributed by atoms with E-state index in [0.717, 1.165) is 24.4 Å². The summed E-state index contributed by atoms with van der Waals surface area (Å²) < 4.78 is 5.15. The molecule has 1 aromatic carbocycles. The Morgan fingerprint density at radius 2 is 2.10 bits per heavy atom. The van der Waals surface area contributed by atoms with E-state index < -0.39 is 0 Å². The smallest absolute Gasteiger partial charge is 0.239 e. The van der Waals surface area contributed by atoms with Crippen LogP contribution in [0.15, 0.2) is 24.3 Å². The van der Waals surface area contributed by atoms with Crippen LogP contribution in [0.3, 0.4) is 0 Å². The van der Waals surface area contributed by atoms with Crippen LogP contribution in [0.5, 0.6) is 5.75 Å². The van der Waals surface area contributed by atoms with Crippen molar-refractivity contribution in [2.24, 2.45) is 0 Å². The molecule has 0 fully saturated rings. The van der Waals surface area contributed by atoms with Gasteiger partial charge in [0.05, 0.1) is 13.7 Å². The lowest BCUT2D eigenvalue weighted by Gasteiger charge is -2.12. The van der Waals surface area contributed by atoms with E-state index in [4.69, 9.17) is 10.5 Å². The first-order chi connectivity index (χ1) is 9.67. The van der Waals surface area contributed by atoms with Gasteiger partial charge in [0.25, 0.3) is 0 Å². The molecule has 2 rings (SSSR count). The Balaban J connectivity index is 1.72. The molecule has 0 aliphatic rings. The minimum Gasteiger partial charge on any atom is -0.497 e. The molecule has 108 valence electrons. The molecule has 0 bridgehead atoms. The Hall–Kier alpha value is -2.08. The molecule has 0 radical (unpaired) electrons. The van der Waals surface area contributed by atoms with Gasteiger partial charge in [0.2, 0.25) is 5.95 Å². The maximum atomic E-state index is 5.45. The fourth-order valence-corrected chi connectivity index (χ4v) is 1.94. The number of hydrogen-bond donors (Lipinski definition) is 3. The summed E-state index contributed by atoms with van der Waals surface area (Å²) in [7, 11) is 1.68. The molecule has 0 spiro atoms. The second kappa shape index (κ2) is 6.91. The highest BCUT2D eigenvalue weighted by molar-refractivity contribution is 5.27. The van der Waals surface area contributed by atoms with Crippen molar-refractivity contribution >= 4 is 5.95 Å². The first-order valence-electron chi connectivity index (χ1n) is 6.70. The number of nitrogen functional groups attached to an aromatic ring is 1. The predicted octanol–water partition coefficient (Wildman–Crippen LogP) is 1.51. The Labute approximate surface area is 118 Å². The summed E-state index contributed by atoms with van der Waals surface area (Å²) in [5.41, 5.74) is 6.76. The van der Waals surface area contributed by atoms with Crippen molar-refractivity contribution in [3.8, 4) is 5.75 Å². The summed E-state index contributed by atoms with van der Waals surface area (Å²) in [6.07, 6.45) is 2.08. The maximum Gasteiger partial charge on any atom is 0.239 e. The topological polar surface area (TPSA) is 88.8 Å². The van der Waals surface area contributed by atoms with E-state index in [0.29, 0.717) is 12.6 Å². The van der Waals surface area contributed by atoms with Crippen LogP contribution >= 0.6 is 0 Å². The molecule has 1 aromatic heterocycles. The minimum atomic E-state index is 0.285. The number of hydrogen-bond acceptors (Lipinski definition) is 5. The molecule has 0 saturated carbocycles. The highest BCUT2D eigenvalue weighted by Crippen LogP contribution is 2.13. The van der Waals surface area contributed by atoms with Crippen LogP contribution in [0.1, 0.15) is 24.7 Å². The van der Waals surface area contributed by atoms with E-state index in [1.165, 1.54) is 5.56 Å². The van der Waals surface area contributed by atoms with Gasteiger partial charge in [-0.15, -0.1) is 5.10 Å². The van der Waals surface area contributed by atoms with Crippen molar-refractivity contribution in [1.29, 1.82) is 0 Å². The summed E-state index contributed by atoms with van der Waals surface area (Å²) in [5.74, 6) is 1.94. The van der Waals surface area contributed by atoms with Crippen molar-refractivity contribution in [3.63, 3.8) is 0 Å². The molecule has 0 amide bonds. The third kappa shape index (κ3) is 4.24. The average molecular weight is 275 g/mol. The number of aryl methyl sites for hydroxylation is 1. The number of anilines is 1. The van der Waals surface area contributed by atoms with E-state index in [2.05, 4.69) is 39.6 Å². The number of aromatic amines is 1. The van der Waals surface area contributed by atoms with Crippen LogP contribution in [-0.4, -0.2) is 28.3 Å². The summed E-state index contributed by atoms with van der Waals surface area (Å²) >= 11 is 0. The minimum absolute atomic E-state index is 0.285. The molecule has 2 aromatic rings. The lowest BCUT2D eigenvalue weighted by atomic mass is 10.1. The van der Waals surface area contributed by atoms with Gasteiger partial charge in [0, 0.05) is 6.04 Å². The number of H-pyrrole nitrogens is 1. The number of benzene rings is 1. The van der Waals surface area contributed by atoms with Crippen LogP contribution in [0.4, 0.5) is 5.95 Å². The monoisotopic (exact) mass is 275 g/mol. The van der Waals surface area contributed by atoms with E-state index in [1.807, 2.05) is 12.1 Å². The zero-order valence-electron chi connectivity index (χ0n) is 11.9. The SMILES string of the molecule is COc1ccc(CC[C@@H](C)NCc2nc(N)n[nH]2)cc1. The number of aromatic nitrogens is 3. The van der Waals surface area contributed by atoms with E-state index in [-0.39, 0.29) is 5.95 Å². The third-order valence-electron chi connectivity index (χ3n) is 3.19. The first kappa shape index (κ1) is 14.3. The molecule has 4 N–H and O–H groups in total. The second-order valence-corrected chi connectivity index (χ2v) is 4.81. The van der Waals surface area contributed by atoms with Crippen LogP contribution in [0.25, 0.3) is 0 Å². The van der Waals surface area contributed by atoms with Gasteiger partial charge in [-0.05, 0) is 37.5 Å². The summed E-state index contributed by atoms with van der Waals surface area (Å²) in [6, 6.07) is 8.57. The van der Waals surface area contributed by atoms with Crippen LogP contribution in [0.2, 0.25) is 0 Å². The third-order valence-corrected chi connectivity index (χ3v) is 3.19. The van der Waals surface area contributed by atoms with Gasteiger partial charge in [-0.25, -0.2) is 0 Å². The Kier molecular flexibility index (Phi) is 4.95. The molecular formula is C14H21N5O. The fourth-order valence-electron chi connectivity index (χ4n) is 1.94. The van der Waals surface area contributed by atoms with Crippen LogP contribution < -0.4 is 15.8 Å². The van der Waals surface area contributed by atoms with Crippen LogP contribution in [0, 0.1) is 0 Å². The average Bonchev–Trinajstić information content (AvgIpc) is 2.89. The molecule has 20 heavy (non-hydrogen) atoms. The van der Waals surface area contributed by atoms with E-state index in [1.54, 1.807) is 7.11 Å². The van der Waals surface area contributed by atoms with Gasteiger partial charge in [0.1, 0.15) is 11.6 Å². The van der Waals surface area contributed by atoms with Crippen molar-refractivity contribution in [2.75, 3.05) is 12.8 Å². The van der Waals surface area contributed by atoms with Gasteiger partial charge < -0.3 is 15.8 Å². The predicted molar refractivity (Wildman–Crippen MR) is 78.4 cm³/mol. The Bertz CT molecular complexity index is 523. The van der Waals surface area contributed by atoms with Crippen LogP contribution in [-0.2, 0) is 13.0 Å². The number of methoxy groups -OCH3 is 1. The van der Waals surface area contributed by atoms with Gasteiger partial charge >= 0.3 is 0 Å². The second-order valence-electron chi connectivity index (χ2n) is 4.81. The van der Waals surface area contributed by atoms with Gasteiger partial charge in [-0.3, -0.25) is 5.10 Å². The largest absolute Gasteiger partial charge is 0.497 e. The van der Waals surface area contributed by atoms with E-state index >= 15 is 0 Å². The maximum absolute atomic E-state index is 5.45. The zero-order valence-corrected chi connectivity index (χ0v) is 11.9. The van der Waals surface area contributed by atoms with E-state index in [9.17, 15) is 0 Å². The number of nitrogens with one attached hydrogen (secondary N) is 2. The molecule has 6 nitrogen and oxygen atoms in total. The summed E-state index contributed by atoms with van der Waals surface area (Å²) in [6.45, 7) is 2.80. The summed E-state index contributed by atoms with van der Waals surface area (Å²) in [5, 5.41) is 9.97. The molecule has 0 aliphatic carbocycles. The van der Waals surface area contributed by atoms with Crippen molar-refractivity contribution < 1.29 is 4.74 Å². The van der Waals surface area contributed by atoms with Crippen molar-refractivity contribution in [2.45, 2.75) is 32.4 Å². The fraction of sp³-hybridized carbons (Fsp3) is 0.429. The quantitative estimate of drug-likeness (QED) is 0.712. The molecule has 0 aliphatic heterocycles. The lowest BCUT2D eigenvalue weighted by Crippen LogP contribution is -2.26. The molecule has 1 heterocycles. The van der Waals surface area contributed by atoms with Gasteiger partial charge in [-0.2, -0.15) is 4.98 Å². The van der Waals surface area contributed by atoms with Gasteiger partial charge in [0.15, 0.2) is 0 Å². The molecule has 0 unspecified atom stereocenters. The zero-order chi connectivity index (χ0) is 14.4. The standard InChI is InChI=1S/C14H21N5O/c1-10(16-9-13-17-14(15)19-18-13)3-4-11-5-7-12(20-2)8-6-11/h5-8,10,16H,3-4,9H2,1-2H3,(H3,15,17,18,19)/t10-/m1/s1. The molecule has 6 heteroatoms. The summed E-state index contributed by atoms with van der Waals surface area (Å²) in [4.78, 5) is 4.05. The number of nitrogens with zero attached hydrogens (tertiary/aromatic N) is 2. The molecule has 0 saturated heterocycles. The lowest BCUT2D eigenvalue weighted by molar-refractivity contribution is 0.414. The Morgan fingerprint density at radius 3 is 2.70 bits per heavy atom. The number of nitrogens with two attached hydrogens (primary N) is 1. The van der Waals surface area contributed by atoms with Crippen molar-refractivity contribution in [1.82, 2.24) is 20.5 Å². The first-order valence-corrected chi connectivity index (χ1v) is 6.70. The van der Waals surface area contributed by atoms with Crippen molar-refractivity contribution in [3.05, 3.63) is 35.7 Å². The van der Waals surface area contributed by atoms with Gasteiger partial charge in [-0.1, -0.05) is 12.1 Å². The Morgan fingerprint density at radius 1 is 1.35 bits per heavy atom. The highest BCUT2D eigenvalue weighted by atomic mass is 16.5. The number of ether oxygens (including phenoxy) is 1. The highest BCUT2D eigenvalue weighted by Gasteiger charge is 2.05. The normalized spacial score (nSPS) is 12.3. The number of rotatable bonds is 7. The molecular weight excluding hydrogens is 254 g/mol. The molecule has 1 atom stereocenters.